The van der Waals surface area contributed by atoms with Gasteiger partial charge in [-0.1, -0.05) is 42.5 Å². The molecule has 0 unspecified atom stereocenters. The molecule has 1 heterocycles. The Morgan fingerprint density at radius 1 is 0.852 bits per heavy atom. The van der Waals surface area contributed by atoms with Crippen molar-refractivity contribution < 1.29 is 18.0 Å². The van der Waals surface area contributed by atoms with E-state index < -0.39 is 29.4 Å². The molecule has 0 spiro atoms. The van der Waals surface area contributed by atoms with Gasteiger partial charge >= 0.3 is 0 Å². The van der Waals surface area contributed by atoms with E-state index in [1.165, 1.54) is 11.0 Å². The largest absolute Gasteiger partial charge is 0.327 e. The molecule has 0 saturated carbocycles. The van der Waals surface area contributed by atoms with Crippen LogP contribution in [0.1, 0.15) is 33.1 Å². The fraction of sp³-hybridized carbons (Fsp3) is 0.136. The summed E-state index contributed by atoms with van der Waals surface area (Å²) in [6, 6.07) is 16.0. The summed E-state index contributed by atoms with van der Waals surface area (Å²) in [5.74, 6) is -2.70. The fourth-order valence-electron chi connectivity index (χ4n) is 3.64. The van der Waals surface area contributed by atoms with Crippen LogP contribution in [0.4, 0.5) is 13.2 Å². The van der Waals surface area contributed by atoms with Gasteiger partial charge in [0.05, 0.1) is 11.6 Å². The van der Waals surface area contributed by atoms with E-state index in [1.54, 1.807) is 18.2 Å². The summed E-state index contributed by atoms with van der Waals surface area (Å²) in [4.78, 5) is 14.5. The van der Waals surface area contributed by atoms with Crippen LogP contribution in [0.5, 0.6) is 0 Å². The Bertz CT molecular complexity index is 1020. The Morgan fingerprint density at radius 2 is 1.56 bits per heavy atom. The zero-order valence-corrected chi connectivity index (χ0v) is 14.3. The fourth-order valence-corrected chi connectivity index (χ4v) is 3.64. The molecule has 1 atom stereocenters. The number of carbonyl (C=O) groups excluding carboxylic acids is 1. The van der Waals surface area contributed by atoms with Crippen molar-refractivity contribution in [2.75, 3.05) is 6.54 Å². The molecule has 0 aliphatic carbocycles. The third-order valence-corrected chi connectivity index (χ3v) is 4.91. The van der Waals surface area contributed by atoms with Crippen LogP contribution in [-0.4, -0.2) is 17.4 Å². The van der Waals surface area contributed by atoms with E-state index in [0.717, 1.165) is 23.3 Å². The van der Waals surface area contributed by atoms with Crippen LogP contribution in [0.3, 0.4) is 0 Å². The third-order valence-electron chi connectivity index (χ3n) is 4.91. The van der Waals surface area contributed by atoms with Crippen LogP contribution >= 0.6 is 0 Å². The van der Waals surface area contributed by atoms with Crippen molar-refractivity contribution in [2.45, 2.75) is 12.5 Å². The van der Waals surface area contributed by atoms with Crippen molar-refractivity contribution in [3.63, 3.8) is 0 Å². The lowest BCUT2D eigenvalue weighted by Gasteiger charge is -2.38. The first-order valence-corrected chi connectivity index (χ1v) is 8.64. The van der Waals surface area contributed by atoms with E-state index in [1.807, 2.05) is 24.3 Å². The van der Waals surface area contributed by atoms with Gasteiger partial charge in [0, 0.05) is 18.2 Å². The molecule has 0 saturated heterocycles. The monoisotopic (exact) mass is 367 g/mol. The Morgan fingerprint density at radius 3 is 2.30 bits per heavy atom. The normalized spacial score (nSPS) is 16.1. The second-order valence-electron chi connectivity index (χ2n) is 6.50. The van der Waals surface area contributed by atoms with E-state index in [-0.39, 0.29) is 5.56 Å². The van der Waals surface area contributed by atoms with Gasteiger partial charge in [-0.05, 0) is 35.7 Å². The van der Waals surface area contributed by atoms with Gasteiger partial charge < -0.3 is 4.90 Å². The molecule has 1 amide bonds. The Balaban J connectivity index is 1.84. The molecule has 0 aromatic heterocycles. The number of fused-ring (bicyclic) bond motifs is 1. The van der Waals surface area contributed by atoms with Crippen molar-refractivity contribution in [3.8, 4) is 0 Å². The van der Waals surface area contributed by atoms with Crippen LogP contribution in [0, 0.1) is 17.5 Å². The van der Waals surface area contributed by atoms with Gasteiger partial charge in [0.2, 0.25) is 0 Å². The zero-order chi connectivity index (χ0) is 19.0. The summed E-state index contributed by atoms with van der Waals surface area (Å²) in [5, 5.41) is 0. The number of nitrogens with zero attached hydrogens (tertiary/aromatic N) is 1. The molecule has 4 rings (SSSR count). The van der Waals surface area contributed by atoms with Gasteiger partial charge in [0.15, 0.2) is 0 Å². The molecule has 2 nitrogen and oxygen atoms in total. The van der Waals surface area contributed by atoms with Crippen LogP contribution in [0.25, 0.3) is 0 Å². The van der Waals surface area contributed by atoms with Gasteiger partial charge in [-0.2, -0.15) is 0 Å². The number of halogens is 3. The number of rotatable bonds is 2. The van der Waals surface area contributed by atoms with Crippen molar-refractivity contribution in [1.82, 2.24) is 4.90 Å². The second-order valence-corrected chi connectivity index (χ2v) is 6.50. The third kappa shape index (κ3) is 3.10. The molecule has 136 valence electrons. The summed E-state index contributed by atoms with van der Waals surface area (Å²) >= 11 is 0. The molecule has 0 bridgehead atoms. The minimum Gasteiger partial charge on any atom is -0.327 e. The molecule has 27 heavy (non-hydrogen) atoms. The van der Waals surface area contributed by atoms with Gasteiger partial charge in [-0.25, -0.2) is 13.2 Å². The lowest BCUT2D eigenvalue weighted by atomic mass is 9.87. The lowest BCUT2D eigenvalue weighted by Crippen LogP contribution is -2.41. The summed E-state index contributed by atoms with van der Waals surface area (Å²) in [7, 11) is 0. The molecule has 1 aliphatic heterocycles. The quantitative estimate of drug-likeness (QED) is 0.631. The average Bonchev–Trinajstić information content (AvgIpc) is 2.67. The molecular weight excluding hydrogens is 351 g/mol. The van der Waals surface area contributed by atoms with E-state index >= 15 is 0 Å². The van der Waals surface area contributed by atoms with Gasteiger partial charge in [0.25, 0.3) is 5.91 Å². The van der Waals surface area contributed by atoms with Crippen molar-refractivity contribution >= 4 is 5.91 Å². The van der Waals surface area contributed by atoms with E-state index in [0.29, 0.717) is 24.6 Å². The number of benzene rings is 3. The minimum atomic E-state index is -0.925. The average molecular weight is 367 g/mol. The first-order valence-electron chi connectivity index (χ1n) is 8.64. The van der Waals surface area contributed by atoms with E-state index in [2.05, 4.69) is 0 Å². The zero-order valence-electron chi connectivity index (χ0n) is 14.3. The second kappa shape index (κ2) is 6.91. The van der Waals surface area contributed by atoms with Crippen molar-refractivity contribution in [2.24, 2.45) is 0 Å². The highest BCUT2D eigenvalue weighted by atomic mass is 19.1. The van der Waals surface area contributed by atoms with Crippen LogP contribution in [-0.2, 0) is 6.42 Å². The number of amides is 1. The standard InChI is InChI=1S/C22H16F3NO/c23-15-9-10-18(20(25)13-15)22(27)26-12-11-14-5-1-2-6-16(14)21(26)17-7-3-4-8-19(17)24/h1-10,13,21H,11-12H2/t21-/m1/s1. The predicted octanol–water partition coefficient (Wildman–Crippen LogP) is 4.89. The summed E-state index contributed by atoms with van der Waals surface area (Å²) in [6.45, 7) is 0.311. The number of carbonyl (C=O) groups is 1. The first kappa shape index (κ1) is 17.3. The Labute approximate surface area is 154 Å². The molecule has 0 N–H and O–H groups in total. The molecule has 5 heteroatoms. The molecule has 3 aromatic rings. The van der Waals surface area contributed by atoms with Gasteiger partial charge in [-0.15, -0.1) is 0 Å². The summed E-state index contributed by atoms with van der Waals surface area (Å²) in [6.07, 6.45) is 0.579. The van der Waals surface area contributed by atoms with Crippen LogP contribution in [0.2, 0.25) is 0 Å². The first-order chi connectivity index (χ1) is 13.1. The number of hydrogen-bond donors (Lipinski definition) is 0. The summed E-state index contributed by atoms with van der Waals surface area (Å²) in [5.41, 5.74) is 1.96. The SMILES string of the molecule is O=C(c1ccc(F)cc1F)N1CCc2ccccc2[C@@H]1c1ccccc1F. The topological polar surface area (TPSA) is 20.3 Å². The van der Waals surface area contributed by atoms with E-state index in [9.17, 15) is 18.0 Å². The molecule has 1 aliphatic rings. The highest BCUT2D eigenvalue weighted by Crippen LogP contribution is 2.37. The highest BCUT2D eigenvalue weighted by Gasteiger charge is 2.34. The highest BCUT2D eigenvalue weighted by molar-refractivity contribution is 5.95. The number of hydrogen-bond acceptors (Lipinski definition) is 1. The van der Waals surface area contributed by atoms with Gasteiger partial charge in [-0.3, -0.25) is 4.79 Å². The summed E-state index contributed by atoms with van der Waals surface area (Å²) < 4.78 is 42.0. The smallest absolute Gasteiger partial charge is 0.257 e. The van der Waals surface area contributed by atoms with E-state index in [4.69, 9.17) is 0 Å². The molecule has 0 fully saturated rings. The predicted molar refractivity (Wildman–Crippen MR) is 95.8 cm³/mol. The molecule has 3 aromatic carbocycles. The minimum absolute atomic E-state index is 0.225. The van der Waals surface area contributed by atoms with Crippen molar-refractivity contribution in [3.05, 3.63) is 106 Å². The van der Waals surface area contributed by atoms with Crippen LogP contribution in [0.15, 0.2) is 66.7 Å². The maximum atomic E-state index is 14.6. The van der Waals surface area contributed by atoms with Crippen molar-refractivity contribution in [1.29, 1.82) is 0 Å². The Hall–Kier alpha value is -3.08. The van der Waals surface area contributed by atoms with Crippen LogP contribution < -0.4 is 0 Å². The van der Waals surface area contributed by atoms with Gasteiger partial charge in [0.1, 0.15) is 17.5 Å². The molecule has 0 radical (unpaired) electrons. The maximum absolute atomic E-state index is 14.6. The molecular formula is C22H16F3NO. The lowest BCUT2D eigenvalue weighted by molar-refractivity contribution is 0.0687. The Kier molecular flexibility index (Phi) is 4.44. The maximum Gasteiger partial charge on any atom is 0.257 e.